The van der Waals surface area contributed by atoms with Crippen molar-refractivity contribution in [2.24, 2.45) is 0 Å². The zero-order valence-electron chi connectivity index (χ0n) is 8.49. The third-order valence-electron chi connectivity index (χ3n) is 2.02. The fourth-order valence-corrected chi connectivity index (χ4v) is 1.42. The first kappa shape index (κ1) is 16.9. The van der Waals surface area contributed by atoms with Gasteiger partial charge in [0.25, 0.3) is 0 Å². The molecule has 0 heterocycles. The number of hydrogen-bond donors (Lipinski definition) is 0. The molecule has 15 heavy (non-hydrogen) atoms. The van der Waals surface area contributed by atoms with Crippen LogP contribution in [0.4, 0.5) is 9.41 Å². The van der Waals surface area contributed by atoms with E-state index >= 15 is 0 Å². The second kappa shape index (κ2) is 7.70. The van der Waals surface area contributed by atoms with Gasteiger partial charge in [0, 0.05) is 26.2 Å². The van der Waals surface area contributed by atoms with E-state index < -0.39 is 0 Å². The van der Waals surface area contributed by atoms with Gasteiger partial charge in [0.15, 0.2) is 0 Å². The fraction of sp³-hybridized carbons (Fsp3) is 0.167. The number of allylic oxidation sites excluding steroid dienone is 4. The van der Waals surface area contributed by atoms with Crippen molar-refractivity contribution in [3.63, 3.8) is 0 Å². The van der Waals surface area contributed by atoms with E-state index in [1.165, 1.54) is 16.7 Å². The van der Waals surface area contributed by atoms with Crippen molar-refractivity contribution in [2.75, 3.05) is 0 Å². The molecule has 0 atom stereocenters. The molecule has 0 aromatic heterocycles. The Labute approximate surface area is 108 Å². The summed E-state index contributed by atoms with van der Waals surface area (Å²) < 4.78 is 0. The Morgan fingerprint density at radius 2 is 1.93 bits per heavy atom. The zero-order chi connectivity index (χ0) is 8.39. The summed E-state index contributed by atoms with van der Waals surface area (Å²) in [5, 5.41) is 0. The van der Waals surface area contributed by atoms with Gasteiger partial charge in [-0.3, -0.25) is 9.41 Å². The molecule has 0 nitrogen and oxygen atoms in total. The smallest absolute Gasteiger partial charge is 0 e. The van der Waals surface area contributed by atoms with E-state index in [1.54, 1.807) is 0 Å². The molecule has 0 saturated carbocycles. The van der Waals surface area contributed by atoms with E-state index in [4.69, 9.17) is 0 Å². The third-order valence-corrected chi connectivity index (χ3v) is 2.02. The van der Waals surface area contributed by atoms with Crippen LogP contribution in [0, 0.1) is 13.0 Å². The number of aryl methyl sites for hydroxylation is 1. The summed E-state index contributed by atoms with van der Waals surface area (Å²) in [4.78, 5) is 0. The Hall–Kier alpha value is -0.557. The van der Waals surface area contributed by atoms with Crippen molar-refractivity contribution in [3.8, 4) is 0 Å². The first-order valence-electron chi connectivity index (χ1n) is 4.21. The van der Waals surface area contributed by atoms with Crippen molar-refractivity contribution in [1.29, 1.82) is 0 Å². The molecule has 0 spiro atoms. The number of rotatable bonds is 1. The summed E-state index contributed by atoms with van der Waals surface area (Å²) in [6.07, 6.45) is 8.54. The molecule has 1 aromatic rings. The minimum Gasteiger partial charge on any atom is -0.269 e. The first-order valence-corrected chi connectivity index (χ1v) is 4.21. The molecule has 3 heteroatoms. The third kappa shape index (κ3) is 4.21. The average molecular weight is 286 g/mol. The molecular formula is C12H13F2Zr-. The Bertz CT molecular complexity index is 356. The predicted octanol–water partition coefficient (Wildman–Crippen LogP) is 3.44. The van der Waals surface area contributed by atoms with Crippen LogP contribution < -0.4 is 0 Å². The van der Waals surface area contributed by atoms with Gasteiger partial charge in [0.2, 0.25) is 0 Å². The van der Waals surface area contributed by atoms with E-state index in [2.05, 4.69) is 49.4 Å². The van der Waals surface area contributed by atoms with E-state index in [9.17, 15) is 0 Å². The molecule has 0 radical (unpaired) electrons. The van der Waals surface area contributed by atoms with Crippen LogP contribution in [0.2, 0.25) is 0 Å². The van der Waals surface area contributed by atoms with Crippen LogP contribution in [0.5, 0.6) is 0 Å². The van der Waals surface area contributed by atoms with Crippen molar-refractivity contribution in [3.05, 3.63) is 53.6 Å². The Balaban J connectivity index is 0. The molecule has 1 aliphatic carbocycles. The summed E-state index contributed by atoms with van der Waals surface area (Å²) in [6, 6.07) is 8.53. The average Bonchev–Trinajstić information content (AvgIpc) is 2.56. The number of hydrogen-bond acceptors (Lipinski definition) is 0. The number of halogens is 2. The second-order valence-electron chi connectivity index (χ2n) is 3.07. The molecule has 1 aliphatic rings. The van der Waals surface area contributed by atoms with E-state index in [-0.39, 0.29) is 35.6 Å². The van der Waals surface area contributed by atoms with Crippen LogP contribution >= 0.6 is 0 Å². The molecule has 0 N–H and O–H groups in total. The Morgan fingerprint density at radius 3 is 2.47 bits per heavy atom. The Kier molecular flexibility index (Phi) is 8.65. The van der Waals surface area contributed by atoms with Crippen LogP contribution in [0.3, 0.4) is 0 Å². The van der Waals surface area contributed by atoms with Crippen molar-refractivity contribution < 1.29 is 35.6 Å². The van der Waals surface area contributed by atoms with Gasteiger partial charge in [-0.2, -0.15) is 17.7 Å². The quantitative estimate of drug-likeness (QED) is 0.694. The predicted molar refractivity (Wildman–Crippen MR) is 56.6 cm³/mol. The molecule has 0 fully saturated rings. The van der Waals surface area contributed by atoms with E-state index in [0.717, 1.165) is 6.42 Å². The van der Waals surface area contributed by atoms with Crippen molar-refractivity contribution in [2.45, 2.75) is 13.3 Å². The van der Waals surface area contributed by atoms with Crippen LogP contribution in [0.1, 0.15) is 17.5 Å². The minimum atomic E-state index is 0. The molecule has 0 saturated heterocycles. The molecule has 2 rings (SSSR count). The van der Waals surface area contributed by atoms with Crippen molar-refractivity contribution >= 4 is 5.57 Å². The van der Waals surface area contributed by atoms with Crippen LogP contribution in [0.25, 0.3) is 5.57 Å². The van der Waals surface area contributed by atoms with Gasteiger partial charge in [-0.1, -0.05) is 24.1 Å². The van der Waals surface area contributed by atoms with Gasteiger partial charge >= 0.3 is 0 Å². The van der Waals surface area contributed by atoms with Gasteiger partial charge in [-0.25, -0.2) is 0 Å². The topological polar surface area (TPSA) is 0 Å². The van der Waals surface area contributed by atoms with Gasteiger partial charge in [-0.15, -0.1) is 23.8 Å². The summed E-state index contributed by atoms with van der Waals surface area (Å²) in [7, 11) is 0. The largest absolute Gasteiger partial charge is 0.269 e. The Morgan fingerprint density at radius 1 is 1.20 bits per heavy atom. The summed E-state index contributed by atoms with van der Waals surface area (Å²) in [6.45, 7) is 2.11. The molecule has 1 aromatic carbocycles. The molecule has 0 unspecified atom stereocenters. The monoisotopic (exact) mass is 285 g/mol. The summed E-state index contributed by atoms with van der Waals surface area (Å²) in [5.74, 6) is 0. The summed E-state index contributed by atoms with van der Waals surface area (Å²) >= 11 is 0. The van der Waals surface area contributed by atoms with Crippen LogP contribution in [-0.4, -0.2) is 0 Å². The maximum atomic E-state index is 3.31. The molecule has 80 valence electrons. The van der Waals surface area contributed by atoms with Gasteiger partial charge in [0.05, 0.1) is 0 Å². The second-order valence-corrected chi connectivity index (χ2v) is 3.07. The molecule has 0 aliphatic heterocycles. The molecular weight excluding hydrogens is 273 g/mol. The number of benzene rings is 1. The van der Waals surface area contributed by atoms with Crippen LogP contribution in [-0.2, 0) is 26.2 Å². The standard InChI is InChI=1S/C12H11.2FH.Zr/c1-10-5-4-8-12(9-10)11-6-2-3-7-11;;;/h2,4-6,8-9H,3H2,1H3;2*1H;/q-1;;;. The van der Waals surface area contributed by atoms with E-state index in [0.29, 0.717) is 0 Å². The summed E-state index contributed by atoms with van der Waals surface area (Å²) in [5.41, 5.74) is 3.82. The molecule has 0 amide bonds. The maximum absolute atomic E-state index is 3.31. The van der Waals surface area contributed by atoms with Crippen LogP contribution in [0.15, 0.2) is 36.4 Å². The first-order chi connectivity index (χ1) is 5.86. The van der Waals surface area contributed by atoms with Gasteiger partial charge in [-0.05, 0) is 6.92 Å². The molecule has 0 bridgehead atoms. The minimum absolute atomic E-state index is 0. The fourth-order valence-electron chi connectivity index (χ4n) is 1.42. The normalized spacial score (nSPS) is 11.9. The zero-order valence-corrected chi connectivity index (χ0v) is 10.9. The maximum Gasteiger partial charge on any atom is 0 e. The van der Waals surface area contributed by atoms with Gasteiger partial charge in [0.1, 0.15) is 0 Å². The van der Waals surface area contributed by atoms with E-state index in [1.807, 2.05) is 0 Å². The van der Waals surface area contributed by atoms with Gasteiger partial charge < -0.3 is 0 Å². The SMILES string of the molecule is Cc1cccc(C2=[C-]CC=C2)c1.F.F.[Zr]. The van der Waals surface area contributed by atoms with Crippen molar-refractivity contribution in [1.82, 2.24) is 0 Å².